The van der Waals surface area contributed by atoms with Gasteiger partial charge in [0, 0.05) is 5.56 Å². The zero-order valence-corrected chi connectivity index (χ0v) is 17.6. The van der Waals surface area contributed by atoms with E-state index in [2.05, 4.69) is 10.6 Å². The van der Waals surface area contributed by atoms with Crippen molar-refractivity contribution >= 4 is 28.4 Å². The molecule has 0 spiro atoms. The van der Waals surface area contributed by atoms with Crippen LogP contribution in [0, 0.1) is 5.92 Å². The predicted molar refractivity (Wildman–Crippen MR) is 114 cm³/mol. The van der Waals surface area contributed by atoms with Crippen LogP contribution >= 0.6 is 0 Å². The number of aliphatic hydroxyl groups is 2. The number of amides is 2. The maximum Gasteiger partial charge on any atom is 0.252 e. The second-order valence-electron chi connectivity index (χ2n) is 8.23. The lowest BCUT2D eigenvalue weighted by Gasteiger charge is -2.24. The van der Waals surface area contributed by atoms with Gasteiger partial charge in [0.15, 0.2) is 11.4 Å². The number of fused-ring (bicyclic) bond motifs is 1. The van der Waals surface area contributed by atoms with Crippen LogP contribution in [0.1, 0.15) is 30.6 Å². The number of carbonyl (C=O) groups excluding carboxylic acids is 3. The Kier molecular flexibility index (Phi) is 7.04. The van der Waals surface area contributed by atoms with Crippen molar-refractivity contribution in [3.05, 3.63) is 48.0 Å². The Bertz CT molecular complexity index is 964. The molecule has 0 unspecified atom stereocenters. The van der Waals surface area contributed by atoms with Gasteiger partial charge < -0.3 is 25.6 Å². The number of hydrogen-bond donors (Lipinski definition) is 4. The third kappa shape index (κ3) is 5.10. The molecule has 1 saturated heterocycles. The first-order chi connectivity index (χ1) is 14.8. The Morgan fingerprint density at radius 3 is 2.32 bits per heavy atom. The molecule has 3 atom stereocenters. The van der Waals surface area contributed by atoms with Gasteiger partial charge in [-0.2, -0.15) is 0 Å². The van der Waals surface area contributed by atoms with Gasteiger partial charge in [0.2, 0.25) is 5.91 Å². The average Bonchev–Trinajstić information content (AvgIpc) is 3.56. The first kappa shape index (κ1) is 22.9. The highest BCUT2D eigenvalue weighted by Crippen LogP contribution is 2.30. The van der Waals surface area contributed by atoms with Crippen molar-refractivity contribution in [2.75, 3.05) is 19.8 Å². The summed E-state index contributed by atoms with van der Waals surface area (Å²) in [6.45, 7) is 2.81. The molecule has 0 bridgehead atoms. The molecular formula is C23H28N2O6. The highest BCUT2D eigenvalue weighted by Gasteiger charge is 2.54. The first-order valence-electron chi connectivity index (χ1n) is 10.3. The average molecular weight is 428 g/mol. The molecule has 2 aromatic rings. The SMILES string of the molecule is CC(C)C[C@H](NC(=O)[C@H](CO)NC(=O)c1cccc2ccccc12)C(=O)[C@]1(CO)CO1. The van der Waals surface area contributed by atoms with Crippen LogP contribution in [0.15, 0.2) is 42.5 Å². The zero-order chi connectivity index (χ0) is 22.6. The van der Waals surface area contributed by atoms with Gasteiger partial charge in [-0.05, 0) is 29.2 Å². The molecule has 1 aliphatic heterocycles. The summed E-state index contributed by atoms with van der Waals surface area (Å²) < 4.78 is 5.13. The number of epoxide rings is 1. The summed E-state index contributed by atoms with van der Waals surface area (Å²) in [5, 5.41) is 26.0. The molecule has 0 aromatic heterocycles. The van der Waals surface area contributed by atoms with E-state index in [9.17, 15) is 24.6 Å². The minimum Gasteiger partial charge on any atom is -0.394 e. The second-order valence-corrected chi connectivity index (χ2v) is 8.23. The molecule has 1 fully saturated rings. The van der Waals surface area contributed by atoms with E-state index in [4.69, 9.17) is 4.74 Å². The van der Waals surface area contributed by atoms with E-state index in [1.54, 1.807) is 18.2 Å². The van der Waals surface area contributed by atoms with Gasteiger partial charge >= 0.3 is 0 Å². The Balaban J connectivity index is 1.73. The standard InChI is InChI=1S/C23H28N2O6/c1-14(2)10-18(20(28)23(12-27)13-31-23)24-22(30)19(11-26)25-21(29)17-9-5-7-15-6-3-4-8-16(15)17/h3-9,14,18-19,26-27H,10-13H2,1-2H3,(H,24,30)(H,25,29)/t18-,19-,23-/m0/s1. The Labute approximate surface area is 180 Å². The smallest absolute Gasteiger partial charge is 0.252 e. The van der Waals surface area contributed by atoms with Gasteiger partial charge in [0.1, 0.15) is 6.04 Å². The third-order valence-electron chi connectivity index (χ3n) is 5.38. The van der Waals surface area contributed by atoms with Crippen LogP contribution in [0.3, 0.4) is 0 Å². The minimum absolute atomic E-state index is 0.0848. The summed E-state index contributed by atoms with van der Waals surface area (Å²) in [5.74, 6) is -1.50. The molecule has 31 heavy (non-hydrogen) atoms. The third-order valence-corrected chi connectivity index (χ3v) is 5.38. The maximum atomic E-state index is 12.8. The molecule has 1 heterocycles. The molecule has 4 N–H and O–H groups in total. The second kappa shape index (κ2) is 9.55. The number of Topliss-reactive ketones (excluding diaryl/α,β-unsaturated/α-hetero) is 1. The predicted octanol–water partition coefficient (Wildman–Crippen LogP) is 0.792. The lowest BCUT2D eigenvalue weighted by atomic mass is 9.92. The number of carbonyl (C=O) groups is 3. The molecule has 0 radical (unpaired) electrons. The molecular weight excluding hydrogens is 400 g/mol. The molecule has 8 heteroatoms. The van der Waals surface area contributed by atoms with Gasteiger partial charge in [0.25, 0.3) is 5.91 Å². The topological polar surface area (TPSA) is 128 Å². The van der Waals surface area contributed by atoms with Gasteiger partial charge in [-0.15, -0.1) is 0 Å². The minimum atomic E-state index is -1.27. The van der Waals surface area contributed by atoms with E-state index in [1.165, 1.54) is 0 Å². The molecule has 3 rings (SSSR count). The summed E-state index contributed by atoms with van der Waals surface area (Å²) >= 11 is 0. The largest absolute Gasteiger partial charge is 0.394 e. The molecule has 1 aliphatic rings. The first-order valence-corrected chi connectivity index (χ1v) is 10.3. The number of ether oxygens (including phenoxy) is 1. The maximum absolute atomic E-state index is 12.8. The van der Waals surface area contributed by atoms with Crippen LogP contribution < -0.4 is 10.6 Å². The van der Waals surface area contributed by atoms with Crippen LogP contribution in [0.4, 0.5) is 0 Å². The fourth-order valence-corrected chi connectivity index (χ4v) is 3.54. The van der Waals surface area contributed by atoms with Crippen LogP contribution in [0.2, 0.25) is 0 Å². The van der Waals surface area contributed by atoms with E-state index >= 15 is 0 Å². The normalized spacial score (nSPS) is 19.6. The van der Waals surface area contributed by atoms with Crippen LogP contribution in [-0.4, -0.2) is 65.3 Å². The molecule has 2 amide bonds. The molecule has 166 valence electrons. The zero-order valence-electron chi connectivity index (χ0n) is 17.6. The van der Waals surface area contributed by atoms with Crippen molar-refractivity contribution in [2.45, 2.75) is 38.0 Å². The summed E-state index contributed by atoms with van der Waals surface area (Å²) in [7, 11) is 0. The fourth-order valence-electron chi connectivity index (χ4n) is 3.54. The molecule has 2 aromatic carbocycles. The van der Waals surface area contributed by atoms with E-state index in [0.717, 1.165) is 10.8 Å². The number of hydrogen-bond acceptors (Lipinski definition) is 6. The van der Waals surface area contributed by atoms with Crippen molar-refractivity contribution < 1.29 is 29.3 Å². The van der Waals surface area contributed by atoms with E-state index in [1.807, 2.05) is 38.1 Å². The Morgan fingerprint density at radius 1 is 1.03 bits per heavy atom. The van der Waals surface area contributed by atoms with E-state index in [0.29, 0.717) is 12.0 Å². The summed E-state index contributed by atoms with van der Waals surface area (Å²) in [4.78, 5) is 38.4. The van der Waals surface area contributed by atoms with E-state index < -0.39 is 48.5 Å². The van der Waals surface area contributed by atoms with Crippen LogP contribution in [-0.2, 0) is 14.3 Å². The summed E-state index contributed by atoms with van der Waals surface area (Å²) in [6, 6.07) is 10.5. The summed E-state index contributed by atoms with van der Waals surface area (Å²) in [5.41, 5.74) is -0.891. The van der Waals surface area contributed by atoms with Gasteiger partial charge in [0.05, 0.1) is 25.9 Å². The number of ketones is 1. The number of aliphatic hydroxyl groups excluding tert-OH is 2. The highest BCUT2D eigenvalue weighted by atomic mass is 16.6. The Hall–Kier alpha value is -2.81. The lowest BCUT2D eigenvalue weighted by molar-refractivity contribution is -0.133. The van der Waals surface area contributed by atoms with Gasteiger partial charge in [-0.25, -0.2) is 0 Å². The van der Waals surface area contributed by atoms with Crippen LogP contribution in [0.25, 0.3) is 10.8 Å². The Morgan fingerprint density at radius 2 is 1.71 bits per heavy atom. The quantitative estimate of drug-likeness (QED) is 0.414. The van der Waals surface area contributed by atoms with Crippen molar-refractivity contribution in [3.63, 3.8) is 0 Å². The highest BCUT2D eigenvalue weighted by molar-refractivity contribution is 6.08. The van der Waals surface area contributed by atoms with Crippen molar-refractivity contribution in [3.8, 4) is 0 Å². The molecule has 8 nitrogen and oxygen atoms in total. The number of benzene rings is 2. The van der Waals surface area contributed by atoms with E-state index in [-0.39, 0.29) is 12.5 Å². The van der Waals surface area contributed by atoms with Gasteiger partial charge in [-0.1, -0.05) is 50.2 Å². The van der Waals surface area contributed by atoms with Gasteiger partial charge in [-0.3, -0.25) is 14.4 Å². The van der Waals surface area contributed by atoms with Crippen LogP contribution in [0.5, 0.6) is 0 Å². The number of nitrogens with one attached hydrogen (secondary N) is 2. The fraction of sp³-hybridized carbons (Fsp3) is 0.435. The molecule has 0 aliphatic carbocycles. The summed E-state index contributed by atoms with van der Waals surface area (Å²) in [6.07, 6.45) is 0.338. The van der Waals surface area contributed by atoms with Crippen molar-refractivity contribution in [1.29, 1.82) is 0 Å². The lowest BCUT2D eigenvalue weighted by Crippen LogP contribution is -2.55. The van der Waals surface area contributed by atoms with Crippen molar-refractivity contribution in [2.24, 2.45) is 5.92 Å². The monoisotopic (exact) mass is 428 g/mol. The molecule has 0 saturated carbocycles. The number of rotatable bonds is 10. The van der Waals surface area contributed by atoms with Crippen molar-refractivity contribution in [1.82, 2.24) is 10.6 Å².